The average Bonchev–Trinajstić information content (AvgIpc) is 3.04. The van der Waals surface area contributed by atoms with Crippen LogP contribution in [0.2, 0.25) is 0 Å². The van der Waals surface area contributed by atoms with Crippen LogP contribution in [0.5, 0.6) is 11.5 Å². The number of hydrogen-bond acceptors (Lipinski definition) is 4. The first-order chi connectivity index (χ1) is 9.70. The van der Waals surface area contributed by atoms with Crippen LogP contribution < -0.4 is 14.8 Å². The van der Waals surface area contributed by atoms with E-state index in [4.69, 9.17) is 9.47 Å². The Hall–Kier alpha value is -1.79. The van der Waals surface area contributed by atoms with Crippen molar-refractivity contribution in [3.8, 4) is 11.5 Å². The second kappa shape index (κ2) is 5.68. The third-order valence-corrected chi connectivity index (χ3v) is 4.22. The van der Waals surface area contributed by atoms with E-state index >= 15 is 0 Å². The Morgan fingerprint density at radius 3 is 2.90 bits per heavy atom. The summed E-state index contributed by atoms with van der Waals surface area (Å²) in [7, 11) is 0. The third kappa shape index (κ3) is 3.02. The maximum atomic E-state index is 11.8. The van der Waals surface area contributed by atoms with Crippen molar-refractivity contribution >= 4 is 44.9 Å². The highest BCUT2D eigenvalue weighted by atomic mass is 79.9. The van der Waals surface area contributed by atoms with Crippen LogP contribution in [0.25, 0.3) is 6.08 Å². The van der Waals surface area contributed by atoms with E-state index in [-0.39, 0.29) is 12.7 Å². The Balaban J connectivity index is 1.65. The van der Waals surface area contributed by atoms with Crippen molar-refractivity contribution in [2.45, 2.75) is 0 Å². The standard InChI is InChI=1S/C14H10BrNO3S/c15-13-5-2-10(20-13)3-6-14(17)16-9-1-4-11-12(7-9)19-8-18-11/h1-7H,8H2,(H,16,17)/b6-3+. The summed E-state index contributed by atoms with van der Waals surface area (Å²) in [6.45, 7) is 0.222. The fraction of sp³-hybridized carbons (Fsp3) is 0.0714. The fourth-order valence-corrected chi connectivity index (χ4v) is 3.06. The Morgan fingerprint density at radius 1 is 1.25 bits per heavy atom. The van der Waals surface area contributed by atoms with Crippen LogP contribution in [-0.2, 0) is 4.79 Å². The number of hydrogen-bond donors (Lipinski definition) is 1. The molecule has 1 aromatic carbocycles. The van der Waals surface area contributed by atoms with E-state index in [1.54, 1.807) is 35.6 Å². The maximum absolute atomic E-state index is 11.8. The Bertz CT molecular complexity index is 681. The third-order valence-electron chi connectivity index (χ3n) is 2.63. The normalized spacial score (nSPS) is 12.8. The van der Waals surface area contributed by atoms with Crippen molar-refractivity contribution in [3.05, 3.63) is 45.1 Å². The van der Waals surface area contributed by atoms with Gasteiger partial charge in [0.2, 0.25) is 12.7 Å². The summed E-state index contributed by atoms with van der Waals surface area (Å²) >= 11 is 4.95. The largest absolute Gasteiger partial charge is 0.454 e. The van der Waals surface area contributed by atoms with E-state index in [2.05, 4.69) is 21.2 Å². The molecular weight excluding hydrogens is 342 g/mol. The van der Waals surface area contributed by atoms with Gasteiger partial charge in [-0.25, -0.2) is 0 Å². The lowest BCUT2D eigenvalue weighted by Gasteiger charge is -2.03. The lowest BCUT2D eigenvalue weighted by molar-refractivity contribution is -0.111. The summed E-state index contributed by atoms with van der Waals surface area (Å²) < 4.78 is 11.5. The molecule has 1 amide bonds. The molecule has 2 aromatic rings. The molecule has 0 aliphatic carbocycles. The minimum atomic E-state index is -0.187. The number of fused-ring (bicyclic) bond motifs is 1. The molecule has 0 atom stereocenters. The van der Waals surface area contributed by atoms with Gasteiger partial charge in [-0.05, 0) is 46.3 Å². The number of ether oxygens (including phenoxy) is 2. The fourth-order valence-electron chi connectivity index (χ4n) is 1.73. The zero-order valence-electron chi connectivity index (χ0n) is 10.3. The monoisotopic (exact) mass is 351 g/mol. The van der Waals surface area contributed by atoms with Gasteiger partial charge in [-0.1, -0.05) is 0 Å². The summed E-state index contributed by atoms with van der Waals surface area (Å²) in [6, 6.07) is 9.19. The predicted molar refractivity (Wildman–Crippen MR) is 82.2 cm³/mol. The topological polar surface area (TPSA) is 47.6 Å². The van der Waals surface area contributed by atoms with Gasteiger partial charge >= 0.3 is 0 Å². The molecule has 0 saturated heterocycles. The van der Waals surface area contributed by atoms with Gasteiger partial charge in [0.15, 0.2) is 11.5 Å². The van der Waals surface area contributed by atoms with Gasteiger partial charge in [0.05, 0.1) is 3.79 Å². The molecule has 0 radical (unpaired) electrons. The van der Waals surface area contributed by atoms with Gasteiger partial charge in [0.25, 0.3) is 0 Å². The van der Waals surface area contributed by atoms with Crippen LogP contribution in [0.1, 0.15) is 4.88 Å². The predicted octanol–water partition coefficient (Wildman–Crippen LogP) is 3.89. The number of benzene rings is 1. The molecule has 0 fully saturated rings. The highest BCUT2D eigenvalue weighted by Crippen LogP contribution is 2.34. The van der Waals surface area contributed by atoms with Crippen LogP contribution in [0.15, 0.2) is 40.2 Å². The van der Waals surface area contributed by atoms with Crippen LogP contribution in [0.4, 0.5) is 5.69 Å². The van der Waals surface area contributed by atoms with E-state index in [9.17, 15) is 4.79 Å². The van der Waals surface area contributed by atoms with E-state index in [1.165, 1.54) is 6.08 Å². The molecule has 4 nitrogen and oxygen atoms in total. The molecule has 6 heteroatoms. The first kappa shape index (κ1) is 13.2. The SMILES string of the molecule is O=C(/C=C/c1ccc(Br)s1)Nc1ccc2c(c1)OCO2. The van der Waals surface area contributed by atoms with Crippen molar-refractivity contribution in [2.75, 3.05) is 12.1 Å². The van der Waals surface area contributed by atoms with Gasteiger partial charge < -0.3 is 14.8 Å². The van der Waals surface area contributed by atoms with Crippen LogP contribution in [0, 0.1) is 0 Å². The van der Waals surface area contributed by atoms with Crippen molar-refractivity contribution in [2.24, 2.45) is 0 Å². The van der Waals surface area contributed by atoms with Gasteiger partial charge in [0.1, 0.15) is 0 Å². The zero-order chi connectivity index (χ0) is 13.9. The molecule has 2 heterocycles. The number of carbonyl (C=O) groups excluding carboxylic acids is 1. The molecule has 0 spiro atoms. The molecule has 0 unspecified atom stereocenters. The van der Waals surface area contributed by atoms with Crippen molar-refractivity contribution in [1.82, 2.24) is 0 Å². The van der Waals surface area contributed by atoms with E-state index < -0.39 is 0 Å². The molecular formula is C14H10BrNO3S. The molecule has 1 aliphatic heterocycles. The smallest absolute Gasteiger partial charge is 0.248 e. The first-order valence-corrected chi connectivity index (χ1v) is 7.46. The Labute approximate surface area is 128 Å². The molecule has 102 valence electrons. The Morgan fingerprint density at radius 2 is 2.10 bits per heavy atom. The number of thiophene rings is 1. The second-order valence-electron chi connectivity index (χ2n) is 4.03. The van der Waals surface area contributed by atoms with E-state index in [0.717, 1.165) is 8.66 Å². The maximum Gasteiger partial charge on any atom is 0.248 e. The number of amides is 1. The van der Waals surface area contributed by atoms with Gasteiger partial charge in [-0.15, -0.1) is 11.3 Å². The van der Waals surface area contributed by atoms with Gasteiger partial charge in [-0.2, -0.15) is 0 Å². The molecule has 0 bridgehead atoms. The first-order valence-electron chi connectivity index (χ1n) is 5.85. The average molecular weight is 352 g/mol. The van der Waals surface area contributed by atoms with Gasteiger partial charge in [0, 0.05) is 22.7 Å². The van der Waals surface area contributed by atoms with Crippen molar-refractivity contribution < 1.29 is 14.3 Å². The molecule has 1 aromatic heterocycles. The van der Waals surface area contributed by atoms with Crippen LogP contribution >= 0.6 is 27.3 Å². The lowest BCUT2D eigenvalue weighted by Crippen LogP contribution is -2.07. The number of anilines is 1. The number of carbonyl (C=O) groups is 1. The summed E-state index contributed by atoms with van der Waals surface area (Å²) in [5, 5.41) is 2.78. The van der Waals surface area contributed by atoms with Crippen LogP contribution in [-0.4, -0.2) is 12.7 Å². The summed E-state index contributed by atoms with van der Waals surface area (Å²) in [4.78, 5) is 12.8. The number of rotatable bonds is 3. The number of halogens is 1. The van der Waals surface area contributed by atoms with Crippen LogP contribution in [0.3, 0.4) is 0 Å². The minimum Gasteiger partial charge on any atom is -0.454 e. The molecule has 3 rings (SSSR count). The molecule has 1 N–H and O–H groups in total. The highest BCUT2D eigenvalue weighted by Gasteiger charge is 2.13. The highest BCUT2D eigenvalue weighted by molar-refractivity contribution is 9.11. The second-order valence-corrected chi connectivity index (χ2v) is 6.53. The summed E-state index contributed by atoms with van der Waals surface area (Å²) in [5.41, 5.74) is 0.677. The molecule has 0 saturated carbocycles. The van der Waals surface area contributed by atoms with E-state index in [0.29, 0.717) is 17.2 Å². The number of nitrogens with one attached hydrogen (secondary N) is 1. The van der Waals surface area contributed by atoms with Crippen molar-refractivity contribution in [1.29, 1.82) is 0 Å². The minimum absolute atomic E-state index is 0.187. The zero-order valence-corrected chi connectivity index (χ0v) is 12.7. The van der Waals surface area contributed by atoms with Gasteiger partial charge in [-0.3, -0.25) is 4.79 Å². The summed E-state index contributed by atoms with van der Waals surface area (Å²) in [5.74, 6) is 1.16. The van der Waals surface area contributed by atoms with Crippen molar-refractivity contribution in [3.63, 3.8) is 0 Å². The quantitative estimate of drug-likeness (QED) is 0.853. The lowest BCUT2D eigenvalue weighted by atomic mass is 10.2. The molecule has 20 heavy (non-hydrogen) atoms. The Kier molecular flexibility index (Phi) is 3.75. The summed E-state index contributed by atoms with van der Waals surface area (Å²) in [6.07, 6.45) is 3.28. The van der Waals surface area contributed by atoms with E-state index in [1.807, 2.05) is 12.1 Å². The molecule has 1 aliphatic rings.